The Morgan fingerprint density at radius 3 is 2.33 bits per heavy atom. The van der Waals surface area contributed by atoms with E-state index in [0.717, 1.165) is 23.8 Å². The maximum atomic E-state index is 13.3. The van der Waals surface area contributed by atoms with Crippen LogP contribution in [0.4, 0.5) is 5.69 Å². The normalized spacial score (nSPS) is 13.1. The van der Waals surface area contributed by atoms with E-state index in [1.807, 2.05) is 19.9 Å². The molecule has 0 heterocycles. The number of sulfonamides is 1. The lowest BCUT2D eigenvalue weighted by atomic mass is 10.1. The molecule has 198 valence electrons. The minimum Gasteiger partial charge on any atom is -0.352 e. The van der Waals surface area contributed by atoms with Crippen LogP contribution in [0.5, 0.6) is 0 Å². The zero-order chi connectivity index (χ0) is 27.0. The summed E-state index contributed by atoms with van der Waals surface area (Å²) in [4.78, 5) is 27.7. The molecule has 0 bridgehead atoms. The van der Waals surface area contributed by atoms with Crippen molar-refractivity contribution in [2.45, 2.75) is 65.6 Å². The van der Waals surface area contributed by atoms with E-state index in [2.05, 4.69) is 5.32 Å². The number of halogens is 2. The highest BCUT2D eigenvalue weighted by molar-refractivity contribution is 7.92. The van der Waals surface area contributed by atoms with Gasteiger partial charge >= 0.3 is 0 Å². The molecule has 0 fully saturated rings. The number of hydrogen-bond acceptors (Lipinski definition) is 4. The van der Waals surface area contributed by atoms with Crippen LogP contribution in [-0.4, -0.2) is 50.0 Å². The van der Waals surface area contributed by atoms with Crippen molar-refractivity contribution in [2.24, 2.45) is 0 Å². The van der Waals surface area contributed by atoms with E-state index in [4.69, 9.17) is 23.2 Å². The molecule has 0 aromatic heterocycles. The third kappa shape index (κ3) is 8.68. The molecule has 10 heteroatoms. The van der Waals surface area contributed by atoms with E-state index in [0.29, 0.717) is 15.7 Å². The van der Waals surface area contributed by atoms with Gasteiger partial charge in [-0.15, -0.1) is 0 Å². The van der Waals surface area contributed by atoms with Crippen LogP contribution in [0.1, 0.15) is 51.2 Å². The van der Waals surface area contributed by atoms with E-state index < -0.39 is 16.1 Å². The van der Waals surface area contributed by atoms with Crippen LogP contribution in [0.15, 0.2) is 42.5 Å². The van der Waals surface area contributed by atoms with Crippen LogP contribution in [-0.2, 0) is 26.2 Å². The molecule has 0 unspecified atom stereocenters. The van der Waals surface area contributed by atoms with Gasteiger partial charge in [0.05, 0.1) is 11.9 Å². The zero-order valence-corrected chi connectivity index (χ0v) is 23.8. The molecule has 36 heavy (non-hydrogen) atoms. The number of nitrogens with one attached hydrogen (secondary N) is 1. The third-order valence-electron chi connectivity index (χ3n) is 6.00. The van der Waals surface area contributed by atoms with Crippen molar-refractivity contribution in [2.75, 3.05) is 17.1 Å². The lowest BCUT2D eigenvalue weighted by Gasteiger charge is -2.30. The average Bonchev–Trinajstić information content (AvgIpc) is 2.80. The molecule has 2 aromatic rings. The quantitative estimate of drug-likeness (QED) is 0.391. The third-order valence-corrected chi connectivity index (χ3v) is 7.65. The van der Waals surface area contributed by atoms with Gasteiger partial charge in [-0.05, 0) is 69.0 Å². The predicted octanol–water partition coefficient (Wildman–Crippen LogP) is 5.18. The van der Waals surface area contributed by atoms with Crippen LogP contribution in [0.25, 0.3) is 0 Å². The first kappa shape index (κ1) is 29.9. The molecule has 2 rings (SSSR count). The molecule has 0 aliphatic carbocycles. The number of benzene rings is 2. The topological polar surface area (TPSA) is 86.8 Å². The Hall–Kier alpha value is -2.29. The molecule has 0 saturated carbocycles. The van der Waals surface area contributed by atoms with E-state index >= 15 is 0 Å². The van der Waals surface area contributed by atoms with Crippen LogP contribution >= 0.6 is 23.2 Å². The maximum Gasteiger partial charge on any atom is 0.242 e. The Morgan fingerprint density at radius 2 is 1.72 bits per heavy atom. The number of amides is 2. The smallest absolute Gasteiger partial charge is 0.242 e. The first-order valence-electron chi connectivity index (χ1n) is 11.9. The Morgan fingerprint density at radius 1 is 1.06 bits per heavy atom. The fourth-order valence-electron chi connectivity index (χ4n) is 3.71. The highest BCUT2D eigenvalue weighted by Gasteiger charge is 2.27. The molecule has 2 aromatic carbocycles. The Balaban J connectivity index is 2.21. The van der Waals surface area contributed by atoms with Gasteiger partial charge in [0.25, 0.3) is 0 Å². The van der Waals surface area contributed by atoms with Gasteiger partial charge in [-0.25, -0.2) is 8.42 Å². The second-order valence-electron chi connectivity index (χ2n) is 9.01. The average molecular weight is 557 g/mol. The lowest BCUT2D eigenvalue weighted by molar-refractivity contribution is -0.140. The Bertz CT molecular complexity index is 1170. The van der Waals surface area contributed by atoms with E-state index in [9.17, 15) is 18.0 Å². The SMILES string of the molecule is CC[C@@H](C)NC(=O)[C@H](C)N(Cc1cccc(Cl)c1)C(=O)CCCN(c1cc(Cl)ccc1C)S(C)(=O)=O. The molecule has 0 aliphatic heterocycles. The monoisotopic (exact) mass is 555 g/mol. The number of nitrogens with zero attached hydrogens (tertiary/aromatic N) is 2. The molecule has 0 spiro atoms. The van der Waals surface area contributed by atoms with Gasteiger partial charge in [0.2, 0.25) is 21.8 Å². The molecule has 0 radical (unpaired) electrons. The van der Waals surface area contributed by atoms with Gasteiger partial charge in [0.15, 0.2) is 0 Å². The molecule has 2 amide bonds. The summed E-state index contributed by atoms with van der Waals surface area (Å²) >= 11 is 12.2. The minimum absolute atomic E-state index is 0.0210. The van der Waals surface area contributed by atoms with Crippen LogP contribution in [0.2, 0.25) is 10.0 Å². The van der Waals surface area contributed by atoms with Crippen molar-refractivity contribution in [3.63, 3.8) is 0 Å². The molecule has 0 aliphatic rings. The fourth-order valence-corrected chi connectivity index (χ4v) is 5.11. The van der Waals surface area contributed by atoms with Gasteiger partial charge < -0.3 is 10.2 Å². The number of carbonyl (C=O) groups excluding carboxylic acids is 2. The summed E-state index contributed by atoms with van der Waals surface area (Å²) in [6.07, 6.45) is 2.23. The van der Waals surface area contributed by atoms with E-state index in [1.165, 1.54) is 9.21 Å². The number of rotatable bonds is 12. The zero-order valence-electron chi connectivity index (χ0n) is 21.4. The fraction of sp³-hybridized carbons (Fsp3) is 0.462. The number of hydrogen-bond donors (Lipinski definition) is 1. The summed E-state index contributed by atoms with van der Waals surface area (Å²) in [5.41, 5.74) is 2.04. The van der Waals surface area contributed by atoms with Gasteiger partial charge in [-0.1, -0.05) is 48.3 Å². The summed E-state index contributed by atoms with van der Waals surface area (Å²) in [6, 6.07) is 11.5. The predicted molar refractivity (Wildman–Crippen MR) is 147 cm³/mol. The molecule has 7 nitrogen and oxygen atoms in total. The molecule has 0 saturated heterocycles. The van der Waals surface area contributed by atoms with Gasteiger partial charge in [0, 0.05) is 35.6 Å². The summed E-state index contributed by atoms with van der Waals surface area (Å²) in [5, 5.41) is 3.89. The second-order valence-corrected chi connectivity index (χ2v) is 11.8. The van der Waals surface area contributed by atoms with E-state index in [-0.39, 0.29) is 43.8 Å². The van der Waals surface area contributed by atoms with Crippen molar-refractivity contribution in [1.82, 2.24) is 10.2 Å². The molecular weight excluding hydrogens is 521 g/mol. The Kier molecular flexibility index (Phi) is 11.1. The van der Waals surface area contributed by atoms with Crippen molar-refractivity contribution < 1.29 is 18.0 Å². The number of carbonyl (C=O) groups is 2. The van der Waals surface area contributed by atoms with Gasteiger partial charge in [-0.3, -0.25) is 13.9 Å². The van der Waals surface area contributed by atoms with Crippen LogP contribution in [0, 0.1) is 6.92 Å². The van der Waals surface area contributed by atoms with Gasteiger partial charge in [-0.2, -0.15) is 0 Å². The summed E-state index contributed by atoms with van der Waals surface area (Å²) in [6.45, 7) is 7.69. The standard InChI is InChI=1S/C26H35Cl2N3O4S/c1-6-19(3)29-26(33)20(4)30(17-21-9-7-10-22(27)15-21)25(32)11-8-14-31(36(5,34)35)24-16-23(28)13-12-18(24)2/h7,9-10,12-13,15-16,19-20H,6,8,11,14,17H2,1-5H3,(H,29,33)/t19-,20+/m1/s1. The largest absolute Gasteiger partial charge is 0.352 e. The molecular formula is C26H35Cl2N3O4S. The number of anilines is 1. The van der Waals surface area contributed by atoms with Crippen molar-refractivity contribution >= 4 is 50.7 Å². The van der Waals surface area contributed by atoms with Crippen molar-refractivity contribution in [3.8, 4) is 0 Å². The molecule has 2 atom stereocenters. The van der Waals surface area contributed by atoms with E-state index in [1.54, 1.807) is 50.2 Å². The first-order valence-corrected chi connectivity index (χ1v) is 14.5. The van der Waals surface area contributed by atoms with Crippen molar-refractivity contribution in [1.29, 1.82) is 0 Å². The molecule has 1 N–H and O–H groups in total. The highest BCUT2D eigenvalue weighted by atomic mass is 35.5. The summed E-state index contributed by atoms with van der Waals surface area (Å²) in [5.74, 6) is -0.495. The van der Waals surface area contributed by atoms with Crippen LogP contribution in [0.3, 0.4) is 0 Å². The second kappa shape index (κ2) is 13.3. The summed E-state index contributed by atoms with van der Waals surface area (Å²) in [7, 11) is -3.60. The lowest BCUT2D eigenvalue weighted by Crippen LogP contribution is -2.49. The van der Waals surface area contributed by atoms with Crippen LogP contribution < -0.4 is 9.62 Å². The number of aryl methyl sites for hydroxylation is 1. The van der Waals surface area contributed by atoms with Crippen molar-refractivity contribution in [3.05, 3.63) is 63.6 Å². The Labute approximate surface area is 224 Å². The summed E-state index contributed by atoms with van der Waals surface area (Å²) < 4.78 is 26.3. The maximum absolute atomic E-state index is 13.3. The first-order chi connectivity index (χ1) is 16.8. The minimum atomic E-state index is -3.60. The highest BCUT2D eigenvalue weighted by Crippen LogP contribution is 2.27. The van der Waals surface area contributed by atoms with Gasteiger partial charge in [0.1, 0.15) is 6.04 Å².